The van der Waals surface area contributed by atoms with E-state index in [1.807, 2.05) is 55.5 Å². The minimum Gasteiger partial charge on any atom is -0.323 e. The van der Waals surface area contributed by atoms with Crippen LogP contribution in [0.5, 0.6) is 0 Å². The van der Waals surface area contributed by atoms with Gasteiger partial charge in [-0.2, -0.15) is 0 Å². The summed E-state index contributed by atoms with van der Waals surface area (Å²) in [7, 11) is -3.41. The predicted octanol–water partition coefficient (Wildman–Crippen LogP) is 3.66. The summed E-state index contributed by atoms with van der Waals surface area (Å²) in [6.07, 6.45) is 0. The standard InChI is InChI=1S/C19H26N2O2S.ClH/c1-14(2)17-7-9-18(10-8-17)19(20)12-21-24(22,23)13-16-6-4-5-15(3)11-16;/h4-11,14,19,21H,12-13,20H2,1-3H3;1H. The number of rotatable bonds is 7. The molecule has 138 valence electrons. The van der Waals surface area contributed by atoms with Crippen LogP contribution in [-0.4, -0.2) is 15.0 Å². The van der Waals surface area contributed by atoms with Crippen LogP contribution in [0.3, 0.4) is 0 Å². The van der Waals surface area contributed by atoms with Gasteiger partial charge in [-0.25, -0.2) is 13.1 Å². The highest BCUT2D eigenvalue weighted by molar-refractivity contribution is 7.88. The zero-order valence-electron chi connectivity index (χ0n) is 14.9. The third-order valence-electron chi connectivity index (χ3n) is 3.99. The zero-order valence-corrected chi connectivity index (χ0v) is 16.5. The average Bonchev–Trinajstić information content (AvgIpc) is 2.52. The smallest absolute Gasteiger partial charge is 0.215 e. The van der Waals surface area contributed by atoms with Gasteiger partial charge in [-0.15, -0.1) is 12.4 Å². The Balaban J connectivity index is 0.00000312. The summed E-state index contributed by atoms with van der Waals surface area (Å²) < 4.78 is 27.1. The molecule has 1 unspecified atom stereocenters. The molecule has 0 fully saturated rings. The number of hydrogen-bond donors (Lipinski definition) is 2. The fraction of sp³-hybridized carbons (Fsp3) is 0.368. The van der Waals surface area contributed by atoms with Crippen LogP contribution in [-0.2, 0) is 15.8 Å². The lowest BCUT2D eigenvalue weighted by Crippen LogP contribution is -2.32. The van der Waals surface area contributed by atoms with E-state index in [0.29, 0.717) is 5.92 Å². The molecule has 0 amide bonds. The Morgan fingerprint density at radius 3 is 2.20 bits per heavy atom. The Kier molecular flexibility index (Phi) is 8.09. The van der Waals surface area contributed by atoms with Gasteiger partial charge in [0.1, 0.15) is 0 Å². The summed E-state index contributed by atoms with van der Waals surface area (Å²) >= 11 is 0. The molecular formula is C19H27ClN2O2S. The lowest BCUT2D eigenvalue weighted by Gasteiger charge is -2.15. The van der Waals surface area contributed by atoms with Crippen molar-refractivity contribution in [2.75, 3.05) is 6.54 Å². The van der Waals surface area contributed by atoms with Crippen LogP contribution in [0.2, 0.25) is 0 Å². The van der Waals surface area contributed by atoms with Crippen LogP contribution in [0.1, 0.15) is 48.1 Å². The Labute approximate surface area is 157 Å². The van der Waals surface area contributed by atoms with Crippen LogP contribution in [0, 0.1) is 6.92 Å². The molecule has 0 saturated heterocycles. The van der Waals surface area contributed by atoms with Gasteiger partial charge < -0.3 is 5.73 Å². The molecule has 0 aliphatic carbocycles. The summed E-state index contributed by atoms with van der Waals surface area (Å²) in [5, 5.41) is 0. The molecule has 0 heterocycles. The van der Waals surface area contributed by atoms with Crippen molar-refractivity contribution in [2.45, 2.75) is 38.5 Å². The van der Waals surface area contributed by atoms with E-state index in [1.165, 1.54) is 5.56 Å². The average molecular weight is 383 g/mol. The van der Waals surface area contributed by atoms with E-state index in [-0.39, 0.29) is 30.7 Å². The van der Waals surface area contributed by atoms with Gasteiger partial charge in [-0.05, 0) is 29.5 Å². The maximum atomic E-state index is 12.2. The molecule has 25 heavy (non-hydrogen) atoms. The summed E-state index contributed by atoms with van der Waals surface area (Å²) in [4.78, 5) is 0. The first-order chi connectivity index (χ1) is 11.3. The molecule has 0 bridgehead atoms. The third-order valence-corrected chi connectivity index (χ3v) is 5.31. The summed E-state index contributed by atoms with van der Waals surface area (Å²) in [5.74, 6) is 0.427. The van der Waals surface area contributed by atoms with Crippen LogP contribution in [0.4, 0.5) is 0 Å². The number of benzene rings is 2. The molecule has 2 aromatic carbocycles. The third kappa shape index (κ3) is 6.78. The topological polar surface area (TPSA) is 72.2 Å². The van der Waals surface area contributed by atoms with E-state index < -0.39 is 10.0 Å². The van der Waals surface area contributed by atoms with E-state index in [2.05, 4.69) is 18.6 Å². The Morgan fingerprint density at radius 1 is 1.04 bits per heavy atom. The molecule has 1 atom stereocenters. The highest BCUT2D eigenvalue weighted by Crippen LogP contribution is 2.17. The number of nitrogens with two attached hydrogens (primary N) is 1. The van der Waals surface area contributed by atoms with Crippen molar-refractivity contribution in [1.29, 1.82) is 0 Å². The fourth-order valence-electron chi connectivity index (χ4n) is 2.54. The monoisotopic (exact) mass is 382 g/mol. The normalized spacial score (nSPS) is 12.7. The summed E-state index contributed by atoms with van der Waals surface area (Å²) in [6, 6.07) is 15.2. The first kappa shape index (κ1) is 21.6. The van der Waals surface area contributed by atoms with Crippen molar-refractivity contribution in [3.8, 4) is 0 Å². The molecule has 2 rings (SSSR count). The molecule has 0 aliphatic rings. The van der Waals surface area contributed by atoms with Crippen LogP contribution >= 0.6 is 12.4 Å². The number of halogens is 1. The SMILES string of the molecule is Cc1cccc(CS(=O)(=O)NCC(N)c2ccc(C(C)C)cc2)c1.Cl. The number of nitrogens with one attached hydrogen (secondary N) is 1. The van der Waals surface area contributed by atoms with Crippen molar-refractivity contribution in [3.05, 3.63) is 70.8 Å². The number of sulfonamides is 1. The van der Waals surface area contributed by atoms with Gasteiger partial charge in [0.15, 0.2) is 0 Å². The molecule has 4 nitrogen and oxygen atoms in total. The van der Waals surface area contributed by atoms with Crippen molar-refractivity contribution >= 4 is 22.4 Å². The van der Waals surface area contributed by atoms with Gasteiger partial charge in [0.25, 0.3) is 0 Å². The van der Waals surface area contributed by atoms with Gasteiger partial charge in [0.05, 0.1) is 5.75 Å². The Morgan fingerprint density at radius 2 is 1.64 bits per heavy atom. The fourth-order valence-corrected chi connectivity index (χ4v) is 3.69. The van der Waals surface area contributed by atoms with Crippen LogP contribution in [0.25, 0.3) is 0 Å². The van der Waals surface area contributed by atoms with Crippen LogP contribution in [0.15, 0.2) is 48.5 Å². The lowest BCUT2D eigenvalue weighted by atomic mass is 9.99. The largest absolute Gasteiger partial charge is 0.323 e. The molecule has 3 N–H and O–H groups in total. The molecule has 0 radical (unpaired) electrons. The van der Waals surface area contributed by atoms with Crippen molar-refractivity contribution in [1.82, 2.24) is 4.72 Å². The second-order valence-electron chi connectivity index (χ2n) is 6.52. The van der Waals surface area contributed by atoms with Crippen molar-refractivity contribution in [2.24, 2.45) is 5.73 Å². The maximum Gasteiger partial charge on any atom is 0.215 e. The highest BCUT2D eigenvalue weighted by atomic mass is 35.5. The Hall–Kier alpha value is -1.40. The summed E-state index contributed by atoms with van der Waals surface area (Å²) in [5.41, 5.74) is 10.1. The first-order valence-electron chi connectivity index (χ1n) is 8.15. The predicted molar refractivity (Wildman–Crippen MR) is 107 cm³/mol. The van der Waals surface area contributed by atoms with Gasteiger partial charge in [0, 0.05) is 12.6 Å². The second-order valence-corrected chi connectivity index (χ2v) is 8.33. The minimum atomic E-state index is -3.41. The zero-order chi connectivity index (χ0) is 17.7. The number of aryl methyl sites for hydroxylation is 1. The van der Waals surface area contributed by atoms with E-state index in [9.17, 15) is 8.42 Å². The lowest BCUT2D eigenvalue weighted by molar-refractivity contribution is 0.571. The maximum absolute atomic E-state index is 12.2. The van der Waals surface area contributed by atoms with Gasteiger partial charge in [0.2, 0.25) is 10.0 Å². The quantitative estimate of drug-likeness (QED) is 0.767. The van der Waals surface area contributed by atoms with E-state index in [1.54, 1.807) is 0 Å². The first-order valence-corrected chi connectivity index (χ1v) is 9.80. The van der Waals surface area contributed by atoms with Gasteiger partial charge >= 0.3 is 0 Å². The Bertz CT molecular complexity index is 774. The molecule has 0 spiro atoms. The number of hydrogen-bond acceptors (Lipinski definition) is 3. The van der Waals surface area contributed by atoms with E-state index in [0.717, 1.165) is 16.7 Å². The molecule has 0 aliphatic heterocycles. The molecule has 2 aromatic rings. The van der Waals surface area contributed by atoms with E-state index >= 15 is 0 Å². The molecule has 6 heteroatoms. The van der Waals surface area contributed by atoms with Gasteiger partial charge in [-0.3, -0.25) is 0 Å². The van der Waals surface area contributed by atoms with Gasteiger partial charge in [-0.1, -0.05) is 67.9 Å². The minimum absolute atomic E-state index is 0. The van der Waals surface area contributed by atoms with Crippen LogP contribution < -0.4 is 10.5 Å². The summed E-state index contributed by atoms with van der Waals surface area (Å²) in [6.45, 7) is 6.40. The molecule has 0 saturated carbocycles. The van der Waals surface area contributed by atoms with Crippen molar-refractivity contribution < 1.29 is 8.42 Å². The highest BCUT2D eigenvalue weighted by Gasteiger charge is 2.14. The molecular weight excluding hydrogens is 356 g/mol. The van der Waals surface area contributed by atoms with Crippen molar-refractivity contribution in [3.63, 3.8) is 0 Å². The van der Waals surface area contributed by atoms with E-state index in [4.69, 9.17) is 5.73 Å². The second kappa shape index (κ2) is 9.34. The molecule has 0 aromatic heterocycles.